The number of aryl methyl sites for hydroxylation is 2. The van der Waals surface area contributed by atoms with Gasteiger partial charge in [0.05, 0.1) is 6.20 Å². The Kier molecular flexibility index (Phi) is 6.08. The fourth-order valence-corrected chi connectivity index (χ4v) is 2.73. The van der Waals surface area contributed by atoms with E-state index in [-0.39, 0.29) is 0 Å². The molecule has 0 radical (unpaired) electrons. The molecule has 0 aliphatic carbocycles. The third-order valence-corrected chi connectivity index (χ3v) is 4.22. The van der Waals surface area contributed by atoms with Crippen LogP contribution >= 0.6 is 0 Å². The van der Waals surface area contributed by atoms with Gasteiger partial charge in [-0.1, -0.05) is 6.92 Å². The van der Waals surface area contributed by atoms with Gasteiger partial charge in [0.15, 0.2) is 5.96 Å². The van der Waals surface area contributed by atoms with Crippen LogP contribution in [0.25, 0.3) is 0 Å². The zero-order valence-corrected chi connectivity index (χ0v) is 13.7. The number of H-pyrrole nitrogens is 1. The number of hydrogen-bond acceptors (Lipinski definition) is 2. The van der Waals surface area contributed by atoms with Gasteiger partial charge in [-0.25, -0.2) is 0 Å². The molecule has 21 heavy (non-hydrogen) atoms. The number of guanidine groups is 1. The molecule has 1 aromatic rings. The van der Waals surface area contributed by atoms with Crippen LogP contribution in [-0.4, -0.2) is 47.2 Å². The summed E-state index contributed by atoms with van der Waals surface area (Å²) in [7, 11) is 0. The van der Waals surface area contributed by atoms with E-state index in [0.717, 1.165) is 50.9 Å². The van der Waals surface area contributed by atoms with Crippen LogP contribution in [0, 0.1) is 12.8 Å². The lowest BCUT2D eigenvalue weighted by atomic mass is 10.00. The van der Waals surface area contributed by atoms with Crippen molar-refractivity contribution < 1.29 is 0 Å². The zero-order chi connectivity index (χ0) is 15.1. The average molecular weight is 291 g/mol. The molecule has 1 aromatic heterocycles. The molecule has 2 N–H and O–H groups in total. The minimum Gasteiger partial charge on any atom is -0.357 e. The van der Waals surface area contributed by atoms with E-state index < -0.39 is 0 Å². The van der Waals surface area contributed by atoms with Gasteiger partial charge >= 0.3 is 0 Å². The second-order valence-electron chi connectivity index (χ2n) is 6.03. The van der Waals surface area contributed by atoms with E-state index in [2.05, 4.69) is 41.2 Å². The van der Waals surface area contributed by atoms with Crippen molar-refractivity contribution >= 4 is 5.96 Å². The highest BCUT2D eigenvalue weighted by molar-refractivity contribution is 5.80. The summed E-state index contributed by atoms with van der Waals surface area (Å²) < 4.78 is 0. The van der Waals surface area contributed by atoms with E-state index in [1.54, 1.807) is 0 Å². The number of aliphatic imine (C=N–C) groups is 1. The molecular formula is C16H29N5. The van der Waals surface area contributed by atoms with E-state index in [1.165, 1.54) is 24.1 Å². The number of hydrogen-bond donors (Lipinski definition) is 2. The Morgan fingerprint density at radius 3 is 2.86 bits per heavy atom. The van der Waals surface area contributed by atoms with Crippen molar-refractivity contribution in [3.63, 3.8) is 0 Å². The van der Waals surface area contributed by atoms with Crippen LogP contribution in [0.2, 0.25) is 0 Å². The predicted molar refractivity (Wildman–Crippen MR) is 87.6 cm³/mol. The second-order valence-corrected chi connectivity index (χ2v) is 6.03. The summed E-state index contributed by atoms with van der Waals surface area (Å²) in [5.41, 5.74) is 2.48. The summed E-state index contributed by atoms with van der Waals surface area (Å²) in [6.45, 7) is 10.6. The highest BCUT2D eigenvalue weighted by Gasteiger charge is 2.18. The molecule has 1 aliphatic rings. The van der Waals surface area contributed by atoms with Gasteiger partial charge < -0.3 is 10.2 Å². The smallest absolute Gasteiger partial charge is 0.193 e. The molecule has 0 spiro atoms. The lowest BCUT2D eigenvalue weighted by Gasteiger charge is -2.33. The summed E-state index contributed by atoms with van der Waals surface area (Å²) in [5.74, 6) is 1.95. The number of rotatable bonds is 5. The molecular weight excluding hydrogens is 262 g/mol. The SMILES string of the molecule is CCNC(=NCCCc1cn[nH]c1C)N1CCC(C)CC1. The maximum absolute atomic E-state index is 4.79. The lowest BCUT2D eigenvalue weighted by molar-refractivity contribution is 0.273. The molecule has 0 saturated carbocycles. The first kappa shape index (κ1) is 15.9. The Labute approximate surface area is 128 Å². The lowest BCUT2D eigenvalue weighted by Crippen LogP contribution is -2.45. The minimum absolute atomic E-state index is 0.855. The van der Waals surface area contributed by atoms with E-state index >= 15 is 0 Å². The van der Waals surface area contributed by atoms with Crippen molar-refractivity contribution in [1.82, 2.24) is 20.4 Å². The van der Waals surface area contributed by atoms with Crippen molar-refractivity contribution in [3.8, 4) is 0 Å². The number of likely N-dealkylation sites (tertiary alicyclic amines) is 1. The van der Waals surface area contributed by atoms with E-state index in [4.69, 9.17) is 4.99 Å². The van der Waals surface area contributed by atoms with Crippen molar-refractivity contribution in [2.24, 2.45) is 10.9 Å². The van der Waals surface area contributed by atoms with Crippen LogP contribution in [0.4, 0.5) is 0 Å². The van der Waals surface area contributed by atoms with Crippen molar-refractivity contribution in [3.05, 3.63) is 17.5 Å². The minimum atomic E-state index is 0.855. The Balaban J connectivity index is 1.81. The van der Waals surface area contributed by atoms with Crippen molar-refractivity contribution in [2.45, 2.75) is 46.5 Å². The standard InChI is InChI=1S/C16H29N5/c1-4-17-16(21-10-7-13(2)8-11-21)18-9-5-6-15-12-19-20-14(15)3/h12-13H,4-11H2,1-3H3,(H,17,18)(H,19,20). The topological polar surface area (TPSA) is 56.3 Å². The van der Waals surface area contributed by atoms with Crippen LogP contribution in [0.3, 0.4) is 0 Å². The van der Waals surface area contributed by atoms with Crippen molar-refractivity contribution in [1.29, 1.82) is 0 Å². The van der Waals surface area contributed by atoms with Gasteiger partial charge in [-0.2, -0.15) is 5.10 Å². The summed E-state index contributed by atoms with van der Waals surface area (Å²) in [6, 6.07) is 0. The molecule has 0 bridgehead atoms. The number of aromatic amines is 1. The molecule has 1 saturated heterocycles. The summed E-state index contributed by atoms with van der Waals surface area (Å²) in [4.78, 5) is 7.20. The van der Waals surface area contributed by atoms with E-state index in [9.17, 15) is 0 Å². The number of piperidine rings is 1. The van der Waals surface area contributed by atoms with Gasteiger partial charge in [0.25, 0.3) is 0 Å². The molecule has 2 rings (SSSR count). The maximum Gasteiger partial charge on any atom is 0.193 e. The molecule has 1 aliphatic heterocycles. The molecule has 1 fully saturated rings. The first-order valence-corrected chi connectivity index (χ1v) is 8.22. The molecule has 0 aromatic carbocycles. The van der Waals surface area contributed by atoms with Gasteiger partial charge in [-0.3, -0.25) is 10.1 Å². The largest absolute Gasteiger partial charge is 0.357 e. The van der Waals surface area contributed by atoms with Gasteiger partial charge in [0.1, 0.15) is 0 Å². The molecule has 0 amide bonds. The molecule has 5 nitrogen and oxygen atoms in total. The summed E-state index contributed by atoms with van der Waals surface area (Å²) >= 11 is 0. The van der Waals surface area contributed by atoms with Gasteiger partial charge in [0.2, 0.25) is 0 Å². The molecule has 0 unspecified atom stereocenters. The fraction of sp³-hybridized carbons (Fsp3) is 0.750. The summed E-state index contributed by atoms with van der Waals surface area (Å²) in [6.07, 6.45) is 6.59. The molecule has 0 atom stereocenters. The van der Waals surface area contributed by atoms with Crippen LogP contribution in [0.15, 0.2) is 11.2 Å². The highest BCUT2D eigenvalue weighted by Crippen LogP contribution is 2.16. The zero-order valence-electron chi connectivity index (χ0n) is 13.7. The second kappa shape index (κ2) is 8.05. The molecule has 118 valence electrons. The number of aromatic nitrogens is 2. The van der Waals surface area contributed by atoms with Crippen molar-refractivity contribution in [2.75, 3.05) is 26.2 Å². The van der Waals surface area contributed by atoms with Crippen LogP contribution in [0.5, 0.6) is 0 Å². The summed E-state index contributed by atoms with van der Waals surface area (Å²) in [5, 5.41) is 10.5. The maximum atomic E-state index is 4.79. The van der Waals surface area contributed by atoms with Gasteiger partial charge in [-0.05, 0) is 51.0 Å². The predicted octanol–water partition coefficient (Wildman–Crippen LogP) is 2.35. The van der Waals surface area contributed by atoms with E-state index in [1.807, 2.05) is 6.20 Å². The fourth-order valence-electron chi connectivity index (χ4n) is 2.73. The highest BCUT2D eigenvalue weighted by atomic mass is 15.3. The third-order valence-electron chi connectivity index (χ3n) is 4.22. The first-order valence-electron chi connectivity index (χ1n) is 8.22. The van der Waals surface area contributed by atoms with Gasteiger partial charge in [-0.15, -0.1) is 0 Å². The number of nitrogens with zero attached hydrogens (tertiary/aromatic N) is 3. The van der Waals surface area contributed by atoms with Crippen LogP contribution in [-0.2, 0) is 6.42 Å². The average Bonchev–Trinajstić information content (AvgIpc) is 2.89. The Hall–Kier alpha value is -1.52. The Bertz CT molecular complexity index is 443. The molecule has 2 heterocycles. The quantitative estimate of drug-likeness (QED) is 0.497. The third kappa shape index (κ3) is 4.76. The van der Waals surface area contributed by atoms with Crippen LogP contribution < -0.4 is 5.32 Å². The monoisotopic (exact) mass is 291 g/mol. The van der Waals surface area contributed by atoms with Crippen LogP contribution in [0.1, 0.15) is 44.4 Å². The number of nitrogens with one attached hydrogen (secondary N) is 2. The molecule has 5 heteroatoms. The Morgan fingerprint density at radius 2 is 2.24 bits per heavy atom. The van der Waals surface area contributed by atoms with Gasteiger partial charge in [0, 0.05) is 31.9 Å². The first-order chi connectivity index (χ1) is 10.2. The normalized spacial score (nSPS) is 17.3. The van der Waals surface area contributed by atoms with E-state index in [0.29, 0.717) is 0 Å². The Morgan fingerprint density at radius 1 is 1.48 bits per heavy atom.